The molecule has 25 heavy (non-hydrogen) atoms. The van der Waals surface area contributed by atoms with Crippen LogP contribution in [0.5, 0.6) is 0 Å². The summed E-state index contributed by atoms with van der Waals surface area (Å²) in [7, 11) is 0. The summed E-state index contributed by atoms with van der Waals surface area (Å²) in [6.07, 6.45) is 6.88. The maximum atomic E-state index is 11.3. The van der Waals surface area contributed by atoms with Crippen LogP contribution in [0.1, 0.15) is 72.4 Å². The molecule has 0 unspecified atom stereocenters. The molecule has 1 N–H and O–H groups in total. The number of carboxylic acid groups (broad SMARTS) is 1. The molecular formula is C21H28N2O2. The molecule has 0 saturated heterocycles. The molecule has 0 spiro atoms. The molecule has 0 fully saturated rings. The van der Waals surface area contributed by atoms with Crippen molar-refractivity contribution >= 4 is 5.97 Å². The molecule has 4 nitrogen and oxygen atoms in total. The van der Waals surface area contributed by atoms with Gasteiger partial charge in [0.05, 0.1) is 11.4 Å². The molecular weight excluding hydrogens is 312 g/mol. The first-order chi connectivity index (χ1) is 12.0. The van der Waals surface area contributed by atoms with Gasteiger partial charge in [0.25, 0.3) is 0 Å². The van der Waals surface area contributed by atoms with Gasteiger partial charge >= 0.3 is 5.97 Å². The highest BCUT2D eigenvalue weighted by Gasteiger charge is 2.16. The molecule has 2 rings (SSSR count). The van der Waals surface area contributed by atoms with Gasteiger partial charge in [0, 0.05) is 5.56 Å². The van der Waals surface area contributed by atoms with Gasteiger partial charge in [-0.05, 0) is 56.7 Å². The van der Waals surface area contributed by atoms with Crippen molar-refractivity contribution in [3.05, 3.63) is 46.3 Å². The highest BCUT2D eigenvalue weighted by molar-refractivity contribution is 5.90. The van der Waals surface area contributed by atoms with Gasteiger partial charge in [-0.1, -0.05) is 38.8 Å². The number of nitrogens with zero attached hydrogens (tertiary/aromatic N) is 2. The second-order valence-corrected chi connectivity index (χ2v) is 6.59. The Balaban J connectivity index is 2.43. The fourth-order valence-electron chi connectivity index (χ4n) is 3.13. The maximum absolute atomic E-state index is 11.3. The molecule has 1 heterocycles. The Morgan fingerprint density at radius 2 is 1.52 bits per heavy atom. The van der Waals surface area contributed by atoms with Crippen LogP contribution in [0.15, 0.2) is 18.2 Å². The monoisotopic (exact) mass is 340 g/mol. The SMILES string of the molecule is CCCCc1ccc(-c2nc(C)c(C(=O)O)c(C)n2)cc1CCCC. The van der Waals surface area contributed by atoms with Crippen molar-refractivity contribution < 1.29 is 9.90 Å². The van der Waals surface area contributed by atoms with Crippen molar-refractivity contribution in [2.24, 2.45) is 0 Å². The largest absolute Gasteiger partial charge is 0.478 e. The van der Waals surface area contributed by atoms with Crippen LogP contribution in [0.25, 0.3) is 11.4 Å². The Bertz CT molecular complexity index is 731. The maximum Gasteiger partial charge on any atom is 0.339 e. The first-order valence-corrected chi connectivity index (χ1v) is 9.18. The fraction of sp³-hybridized carbons (Fsp3) is 0.476. The zero-order valence-corrected chi connectivity index (χ0v) is 15.7. The highest BCUT2D eigenvalue weighted by Crippen LogP contribution is 2.24. The summed E-state index contributed by atoms with van der Waals surface area (Å²) in [5, 5.41) is 9.29. The molecule has 2 aromatic rings. The zero-order valence-electron chi connectivity index (χ0n) is 15.7. The molecule has 134 valence electrons. The topological polar surface area (TPSA) is 63.1 Å². The minimum absolute atomic E-state index is 0.203. The Hall–Kier alpha value is -2.23. The second-order valence-electron chi connectivity index (χ2n) is 6.59. The van der Waals surface area contributed by atoms with Crippen LogP contribution >= 0.6 is 0 Å². The first kappa shape index (κ1) is 19.1. The van der Waals surface area contributed by atoms with E-state index in [1.54, 1.807) is 13.8 Å². The lowest BCUT2D eigenvalue weighted by Gasteiger charge is -2.13. The number of benzene rings is 1. The fourth-order valence-corrected chi connectivity index (χ4v) is 3.13. The van der Waals surface area contributed by atoms with Crippen LogP contribution in [-0.2, 0) is 12.8 Å². The number of hydrogen-bond acceptors (Lipinski definition) is 3. The third-order valence-electron chi connectivity index (χ3n) is 4.55. The number of unbranched alkanes of at least 4 members (excludes halogenated alkanes) is 2. The number of carboxylic acids is 1. The van der Waals surface area contributed by atoms with Crippen molar-refractivity contribution in [2.75, 3.05) is 0 Å². The van der Waals surface area contributed by atoms with Crippen molar-refractivity contribution in [2.45, 2.75) is 66.2 Å². The predicted molar refractivity (Wildman–Crippen MR) is 101 cm³/mol. The number of rotatable bonds is 8. The van der Waals surface area contributed by atoms with Crippen LogP contribution in [0.4, 0.5) is 0 Å². The van der Waals surface area contributed by atoms with Gasteiger partial charge in [-0.25, -0.2) is 14.8 Å². The molecule has 0 saturated carbocycles. The lowest BCUT2D eigenvalue weighted by atomic mass is 9.95. The van der Waals surface area contributed by atoms with Gasteiger partial charge in [0.1, 0.15) is 5.56 Å². The summed E-state index contributed by atoms with van der Waals surface area (Å²) >= 11 is 0. The quantitative estimate of drug-likeness (QED) is 0.722. The zero-order chi connectivity index (χ0) is 18.4. The number of hydrogen-bond donors (Lipinski definition) is 1. The average Bonchev–Trinajstić information content (AvgIpc) is 2.57. The third kappa shape index (κ3) is 4.65. The molecule has 0 amide bonds. The van der Waals surface area contributed by atoms with Gasteiger partial charge in [-0.3, -0.25) is 0 Å². The molecule has 0 aliphatic heterocycles. The molecule has 0 aliphatic carbocycles. The molecule has 0 aliphatic rings. The summed E-state index contributed by atoms with van der Waals surface area (Å²) in [5.74, 6) is -0.361. The van der Waals surface area contributed by atoms with E-state index in [9.17, 15) is 9.90 Å². The second kappa shape index (κ2) is 8.75. The third-order valence-corrected chi connectivity index (χ3v) is 4.55. The molecule has 0 bridgehead atoms. The normalized spacial score (nSPS) is 10.9. The van der Waals surface area contributed by atoms with Gasteiger partial charge in [0.15, 0.2) is 5.82 Å². The summed E-state index contributed by atoms with van der Waals surface area (Å²) in [6.45, 7) is 7.88. The van der Waals surface area contributed by atoms with Crippen molar-refractivity contribution in [1.29, 1.82) is 0 Å². The number of aryl methyl sites for hydroxylation is 4. The average molecular weight is 340 g/mol. The van der Waals surface area contributed by atoms with Crippen LogP contribution < -0.4 is 0 Å². The van der Waals surface area contributed by atoms with E-state index in [0.29, 0.717) is 17.2 Å². The van der Waals surface area contributed by atoms with Gasteiger partial charge in [-0.15, -0.1) is 0 Å². The summed E-state index contributed by atoms with van der Waals surface area (Å²) in [4.78, 5) is 20.2. The van der Waals surface area contributed by atoms with E-state index >= 15 is 0 Å². The molecule has 0 radical (unpaired) electrons. The highest BCUT2D eigenvalue weighted by atomic mass is 16.4. The van der Waals surface area contributed by atoms with E-state index in [4.69, 9.17) is 0 Å². The van der Waals surface area contributed by atoms with Gasteiger partial charge in [-0.2, -0.15) is 0 Å². The van der Waals surface area contributed by atoms with Crippen molar-refractivity contribution in [3.8, 4) is 11.4 Å². The minimum atomic E-state index is -0.972. The van der Waals surface area contributed by atoms with E-state index in [-0.39, 0.29) is 5.56 Å². The Morgan fingerprint density at radius 1 is 0.960 bits per heavy atom. The Kier molecular flexibility index (Phi) is 6.68. The first-order valence-electron chi connectivity index (χ1n) is 9.18. The van der Waals surface area contributed by atoms with Crippen molar-refractivity contribution in [3.63, 3.8) is 0 Å². The van der Waals surface area contributed by atoms with Crippen molar-refractivity contribution in [1.82, 2.24) is 9.97 Å². The van der Waals surface area contributed by atoms with Crippen LogP contribution in [-0.4, -0.2) is 21.0 Å². The van der Waals surface area contributed by atoms with E-state index in [0.717, 1.165) is 18.4 Å². The Labute approximate surface area is 150 Å². The minimum Gasteiger partial charge on any atom is -0.478 e. The van der Waals surface area contributed by atoms with Crippen LogP contribution in [0, 0.1) is 13.8 Å². The van der Waals surface area contributed by atoms with E-state index in [1.807, 2.05) is 0 Å². The molecule has 1 aromatic carbocycles. The predicted octanol–water partition coefficient (Wildman–Crippen LogP) is 5.14. The summed E-state index contributed by atoms with van der Waals surface area (Å²) in [6, 6.07) is 6.44. The van der Waals surface area contributed by atoms with Gasteiger partial charge < -0.3 is 5.11 Å². The van der Waals surface area contributed by atoms with Crippen LogP contribution in [0.2, 0.25) is 0 Å². The Morgan fingerprint density at radius 3 is 2.04 bits per heavy atom. The standard InChI is InChI=1S/C21H28N2O2/c1-5-7-9-16-11-12-18(13-17(16)10-8-6-2)20-22-14(3)19(21(24)25)15(4)23-20/h11-13H,5-10H2,1-4H3,(H,24,25). The molecule has 1 aromatic heterocycles. The summed E-state index contributed by atoms with van der Waals surface area (Å²) < 4.78 is 0. The summed E-state index contributed by atoms with van der Waals surface area (Å²) in [5.41, 5.74) is 4.98. The number of aromatic nitrogens is 2. The van der Waals surface area contributed by atoms with Gasteiger partial charge in [0.2, 0.25) is 0 Å². The lowest BCUT2D eigenvalue weighted by molar-refractivity contribution is 0.0694. The van der Waals surface area contributed by atoms with Crippen LogP contribution in [0.3, 0.4) is 0 Å². The number of aromatic carboxylic acids is 1. The smallest absolute Gasteiger partial charge is 0.339 e. The van der Waals surface area contributed by atoms with E-state index < -0.39 is 5.97 Å². The number of carbonyl (C=O) groups is 1. The van der Waals surface area contributed by atoms with E-state index in [2.05, 4.69) is 42.0 Å². The molecule has 0 atom stereocenters. The molecule has 4 heteroatoms. The van der Waals surface area contributed by atoms with E-state index in [1.165, 1.54) is 36.8 Å². The lowest BCUT2D eigenvalue weighted by Crippen LogP contribution is -2.08.